The van der Waals surface area contributed by atoms with E-state index < -0.39 is 16.2 Å². The Morgan fingerprint density at radius 3 is 2.60 bits per heavy atom. The van der Waals surface area contributed by atoms with Gasteiger partial charge < -0.3 is 9.84 Å². The van der Waals surface area contributed by atoms with Crippen molar-refractivity contribution < 1.29 is 23.1 Å². The molecule has 0 spiro atoms. The van der Waals surface area contributed by atoms with Crippen molar-refractivity contribution in [2.24, 2.45) is 0 Å². The number of aliphatic carboxylic acids is 1. The summed E-state index contributed by atoms with van der Waals surface area (Å²) in [6.45, 7) is 0. The van der Waals surface area contributed by atoms with Crippen LogP contribution in [0.1, 0.15) is 44.1 Å². The van der Waals surface area contributed by atoms with Gasteiger partial charge in [0.05, 0.1) is 12.8 Å². The van der Waals surface area contributed by atoms with Gasteiger partial charge in [0.2, 0.25) is 0 Å². The van der Waals surface area contributed by atoms with Crippen LogP contribution in [0.4, 0.5) is 5.69 Å². The number of hydrogen-bond donors (Lipinski definition) is 2. The molecule has 1 aliphatic carbocycles. The van der Waals surface area contributed by atoms with Gasteiger partial charge in [-0.05, 0) is 37.0 Å². The molecule has 1 aliphatic rings. The van der Waals surface area contributed by atoms with Gasteiger partial charge in [-0.25, -0.2) is 0 Å². The van der Waals surface area contributed by atoms with E-state index in [1.165, 1.54) is 11.4 Å². The lowest BCUT2D eigenvalue weighted by atomic mass is 9.96. The van der Waals surface area contributed by atoms with Crippen LogP contribution in [-0.4, -0.2) is 44.0 Å². The fourth-order valence-electron chi connectivity index (χ4n) is 3.09. The van der Waals surface area contributed by atoms with Crippen LogP contribution < -0.4 is 9.46 Å². The minimum absolute atomic E-state index is 0.00689. The highest BCUT2D eigenvalue weighted by atomic mass is 32.2. The van der Waals surface area contributed by atoms with Crippen molar-refractivity contribution in [2.75, 3.05) is 18.9 Å². The van der Waals surface area contributed by atoms with E-state index in [9.17, 15) is 13.2 Å². The van der Waals surface area contributed by atoms with Crippen LogP contribution >= 0.6 is 0 Å². The van der Waals surface area contributed by atoms with E-state index in [-0.39, 0.29) is 12.5 Å². The van der Waals surface area contributed by atoms with Crippen molar-refractivity contribution in [2.45, 2.75) is 51.0 Å². The fraction of sp³-hybridized carbons (Fsp3) is 0.588. The predicted molar refractivity (Wildman–Crippen MR) is 96.1 cm³/mol. The predicted octanol–water partition coefficient (Wildman–Crippen LogP) is 2.63. The molecule has 0 radical (unpaired) electrons. The summed E-state index contributed by atoms with van der Waals surface area (Å²) in [5, 5.41) is 8.81. The van der Waals surface area contributed by atoms with Gasteiger partial charge >= 0.3 is 16.2 Å². The Hall–Kier alpha value is -1.80. The maximum absolute atomic E-state index is 12.7. The van der Waals surface area contributed by atoms with Crippen LogP contribution in [0.25, 0.3) is 0 Å². The second-order valence-electron chi connectivity index (χ2n) is 6.34. The van der Waals surface area contributed by atoms with Gasteiger partial charge in [-0.2, -0.15) is 12.7 Å². The quantitative estimate of drug-likeness (QED) is 0.733. The maximum Gasteiger partial charge on any atom is 0.303 e. The molecule has 0 aromatic heterocycles. The number of nitrogens with zero attached hydrogens (tertiary/aromatic N) is 1. The second kappa shape index (κ2) is 8.53. The highest BCUT2D eigenvalue weighted by Crippen LogP contribution is 2.29. The first-order valence-corrected chi connectivity index (χ1v) is 9.92. The van der Waals surface area contributed by atoms with Crippen molar-refractivity contribution in [3.63, 3.8) is 0 Å². The average molecular weight is 370 g/mol. The van der Waals surface area contributed by atoms with Crippen LogP contribution in [0.5, 0.6) is 5.75 Å². The number of anilines is 1. The number of methoxy groups -OCH3 is 1. The normalized spacial score (nSPS) is 16.0. The van der Waals surface area contributed by atoms with Crippen LogP contribution in [0.3, 0.4) is 0 Å². The zero-order valence-corrected chi connectivity index (χ0v) is 15.5. The molecule has 0 unspecified atom stereocenters. The summed E-state index contributed by atoms with van der Waals surface area (Å²) in [7, 11) is -0.643. The zero-order valence-electron chi connectivity index (χ0n) is 14.7. The monoisotopic (exact) mass is 370 g/mol. The van der Waals surface area contributed by atoms with Crippen LogP contribution in [0, 0.1) is 0 Å². The first-order chi connectivity index (χ1) is 11.8. The molecule has 0 aliphatic heterocycles. The van der Waals surface area contributed by atoms with E-state index in [1.54, 1.807) is 25.2 Å². The molecule has 0 saturated heterocycles. The van der Waals surface area contributed by atoms with E-state index >= 15 is 0 Å². The fourth-order valence-corrected chi connectivity index (χ4v) is 4.28. The molecular weight excluding hydrogens is 344 g/mol. The van der Waals surface area contributed by atoms with Gasteiger partial charge in [0.15, 0.2) is 0 Å². The molecule has 140 valence electrons. The lowest BCUT2D eigenvalue weighted by Crippen LogP contribution is -2.41. The van der Waals surface area contributed by atoms with Crippen LogP contribution in [0.15, 0.2) is 18.2 Å². The number of carbonyl (C=O) groups is 1. The Morgan fingerprint density at radius 1 is 1.32 bits per heavy atom. The number of carboxylic acid groups (broad SMARTS) is 1. The molecule has 7 nitrogen and oxygen atoms in total. The first kappa shape index (κ1) is 19.5. The topological polar surface area (TPSA) is 95.9 Å². The number of hydrogen-bond acceptors (Lipinski definition) is 4. The third kappa shape index (κ3) is 5.34. The molecule has 8 heteroatoms. The van der Waals surface area contributed by atoms with Gasteiger partial charge in [0.25, 0.3) is 0 Å². The largest absolute Gasteiger partial charge is 0.495 e. The number of rotatable bonds is 8. The molecule has 0 amide bonds. The standard InChI is InChI=1S/C17H26N2O5S/c1-19(14-6-4-3-5-7-14)25(22,23)18-15-12-13(9-11-17(20)21)8-10-16(15)24-2/h8,10,12,14,18H,3-7,9,11H2,1-2H3,(H,20,21). The van der Waals surface area contributed by atoms with Crippen LogP contribution in [-0.2, 0) is 21.4 Å². The Morgan fingerprint density at radius 2 is 2.00 bits per heavy atom. The van der Waals surface area contributed by atoms with E-state index in [0.29, 0.717) is 17.9 Å². The molecule has 0 bridgehead atoms. The van der Waals surface area contributed by atoms with E-state index in [1.807, 2.05) is 0 Å². The van der Waals surface area contributed by atoms with Crippen molar-refractivity contribution >= 4 is 21.9 Å². The third-order valence-corrected chi connectivity index (χ3v) is 6.13. The van der Waals surface area contributed by atoms with Crippen molar-refractivity contribution in [1.82, 2.24) is 4.31 Å². The number of nitrogens with one attached hydrogen (secondary N) is 1. The minimum atomic E-state index is -3.71. The van der Waals surface area contributed by atoms with Crippen molar-refractivity contribution in [3.8, 4) is 5.75 Å². The smallest absolute Gasteiger partial charge is 0.303 e. The zero-order chi connectivity index (χ0) is 18.4. The van der Waals surface area contributed by atoms with Gasteiger partial charge in [-0.15, -0.1) is 0 Å². The highest BCUT2D eigenvalue weighted by molar-refractivity contribution is 7.90. The summed E-state index contributed by atoms with van der Waals surface area (Å²) in [5.74, 6) is -0.491. The Kier molecular flexibility index (Phi) is 6.66. The van der Waals surface area contributed by atoms with E-state index in [0.717, 1.165) is 37.7 Å². The average Bonchev–Trinajstić information content (AvgIpc) is 2.60. The lowest BCUT2D eigenvalue weighted by Gasteiger charge is -2.30. The Balaban J connectivity index is 2.17. The molecule has 0 heterocycles. The van der Waals surface area contributed by atoms with Gasteiger partial charge in [-0.1, -0.05) is 25.3 Å². The molecule has 1 fully saturated rings. The number of carboxylic acids is 1. The highest BCUT2D eigenvalue weighted by Gasteiger charge is 2.28. The molecular formula is C17H26N2O5S. The first-order valence-electron chi connectivity index (χ1n) is 8.48. The van der Waals surface area contributed by atoms with E-state index in [4.69, 9.17) is 9.84 Å². The maximum atomic E-state index is 12.7. The minimum Gasteiger partial charge on any atom is -0.495 e. The van der Waals surface area contributed by atoms with Crippen molar-refractivity contribution in [3.05, 3.63) is 23.8 Å². The lowest BCUT2D eigenvalue weighted by molar-refractivity contribution is -0.136. The molecule has 1 aromatic rings. The van der Waals surface area contributed by atoms with Crippen molar-refractivity contribution in [1.29, 1.82) is 0 Å². The number of aryl methyl sites for hydroxylation is 1. The van der Waals surface area contributed by atoms with Gasteiger partial charge in [0, 0.05) is 19.5 Å². The summed E-state index contributed by atoms with van der Waals surface area (Å²) in [6.07, 6.45) is 5.28. The number of benzene rings is 1. The Labute approximate surface area is 149 Å². The van der Waals surface area contributed by atoms with Gasteiger partial charge in [-0.3, -0.25) is 9.52 Å². The third-order valence-electron chi connectivity index (χ3n) is 4.60. The molecule has 2 rings (SSSR count). The summed E-state index contributed by atoms with van der Waals surface area (Å²) < 4.78 is 34.6. The molecule has 2 N–H and O–H groups in total. The Bertz CT molecular complexity index is 699. The second-order valence-corrected chi connectivity index (χ2v) is 8.07. The molecule has 1 aromatic carbocycles. The summed E-state index contributed by atoms with van der Waals surface area (Å²) in [6, 6.07) is 5.03. The van der Waals surface area contributed by atoms with Crippen LogP contribution in [0.2, 0.25) is 0 Å². The van der Waals surface area contributed by atoms with E-state index in [2.05, 4.69) is 4.72 Å². The summed E-state index contributed by atoms with van der Waals surface area (Å²) >= 11 is 0. The summed E-state index contributed by atoms with van der Waals surface area (Å²) in [4.78, 5) is 10.7. The SMILES string of the molecule is COc1ccc(CCC(=O)O)cc1NS(=O)(=O)N(C)C1CCCCC1. The number of ether oxygens (including phenoxy) is 1. The van der Waals surface area contributed by atoms with Gasteiger partial charge in [0.1, 0.15) is 5.75 Å². The molecule has 25 heavy (non-hydrogen) atoms. The summed E-state index contributed by atoms with van der Waals surface area (Å²) in [5.41, 5.74) is 1.06. The molecule has 0 atom stereocenters. The molecule has 1 saturated carbocycles.